The van der Waals surface area contributed by atoms with Crippen molar-refractivity contribution in [2.24, 2.45) is 5.10 Å². The Morgan fingerprint density at radius 2 is 1.79 bits per heavy atom. The Balaban J connectivity index is 1.85. The largest absolute Gasteiger partial charge is 0.507 e. The van der Waals surface area contributed by atoms with Crippen molar-refractivity contribution in [3.63, 3.8) is 0 Å². The van der Waals surface area contributed by atoms with Crippen molar-refractivity contribution < 1.29 is 19.4 Å². The van der Waals surface area contributed by atoms with Gasteiger partial charge in [-0.25, -0.2) is 5.43 Å². The van der Waals surface area contributed by atoms with Crippen molar-refractivity contribution in [2.45, 2.75) is 33.2 Å². The van der Waals surface area contributed by atoms with Gasteiger partial charge in [0.2, 0.25) is 5.91 Å². The molecule has 2 aromatic rings. The van der Waals surface area contributed by atoms with E-state index in [1.54, 1.807) is 64.3 Å². The van der Waals surface area contributed by atoms with Crippen molar-refractivity contribution in [1.82, 2.24) is 10.7 Å². The number of hydrogen-bond acceptors (Lipinski definition) is 5. The van der Waals surface area contributed by atoms with Gasteiger partial charge in [-0.3, -0.25) is 9.59 Å². The highest BCUT2D eigenvalue weighted by Gasteiger charge is 2.15. The van der Waals surface area contributed by atoms with Gasteiger partial charge in [0.1, 0.15) is 17.5 Å². The number of ether oxygens (including phenoxy) is 1. The monoisotopic (exact) mass is 383 g/mol. The maximum Gasteiger partial charge on any atom is 0.262 e. The van der Waals surface area contributed by atoms with E-state index < -0.39 is 11.9 Å². The molecule has 148 valence electrons. The van der Waals surface area contributed by atoms with Crippen molar-refractivity contribution in [3.8, 4) is 11.5 Å². The number of phenolic OH excluding ortho intramolecular Hbond substituents is 1. The molecule has 2 aromatic carbocycles. The van der Waals surface area contributed by atoms with E-state index in [1.807, 2.05) is 0 Å². The first-order valence-electron chi connectivity index (χ1n) is 8.85. The van der Waals surface area contributed by atoms with E-state index in [0.717, 1.165) is 22.3 Å². The number of amides is 2. The molecule has 0 aromatic heterocycles. The molecule has 7 heteroatoms. The van der Waals surface area contributed by atoms with Gasteiger partial charge >= 0.3 is 0 Å². The number of carbonyl (C=O) groups is 2. The minimum absolute atomic E-state index is 0.164. The van der Waals surface area contributed by atoms with Gasteiger partial charge in [0.25, 0.3) is 5.91 Å². The molecule has 0 heterocycles. The Labute approximate surface area is 164 Å². The van der Waals surface area contributed by atoms with Gasteiger partial charge in [0.15, 0.2) is 0 Å². The van der Waals surface area contributed by atoms with Crippen molar-refractivity contribution in [2.75, 3.05) is 7.11 Å². The topological polar surface area (TPSA) is 100 Å². The minimum atomic E-state index is -0.730. The van der Waals surface area contributed by atoms with Crippen LogP contribution in [0.2, 0.25) is 0 Å². The second-order valence-corrected chi connectivity index (χ2v) is 6.55. The Hall–Kier alpha value is -3.35. The van der Waals surface area contributed by atoms with Gasteiger partial charge in [0.05, 0.1) is 19.7 Å². The molecule has 0 saturated carbocycles. The van der Waals surface area contributed by atoms with Crippen LogP contribution in [-0.2, 0) is 16.0 Å². The zero-order valence-corrected chi connectivity index (χ0v) is 16.4. The maximum absolute atomic E-state index is 12.1. The molecule has 0 radical (unpaired) electrons. The molecule has 2 amide bonds. The number of methoxy groups -OCH3 is 1. The van der Waals surface area contributed by atoms with Gasteiger partial charge in [0, 0.05) is 0 Å². The van der Waals surface area contributed by atoms with Crippen LogP contribution in [0.5, 0.6) is 11.5 Å². The van der Waals surface area contributed by atoms with Crippen LogP contribution in [0.15, 0.2) is 41.5 Å². The lowest BCUT2D eigenvalue weighted by Crippen LogP contribution is -2.43. The Morgan fingerprint density at radius 1 is 1.18 bits per heavy atom. The van der Waals surface area contributed by atoms with Gasteiger partial charge in [-0.15, -0.1) is 0 Å². The molecule has 0 aliphatic rings. The average Bonchev–Trinajstić information content (AvgIpc) is 2.66. The molecular weight excluding hydrogens is 358 g/mol. The zero-order valence-electron chi connectivity index (χ0n) is 16.4. The molecule has 0 spiro atoms. The summed E-state index contributed by atoms with van der Waals surface area (Å²) in [4.78, 5) is 24.2. The van der Waals surface area contributed by atoms with Gasteiger partial charge in [-0.05, 0) is 67.3 Å². The molecule has 1 atom stereocenters. The fourth-order valence-corrected chi connectivity index (χ4v) is 2.62. The first kappa shape index (κ1) is 21.0. The summed E-state index contributed by atoms with van der Waals surface area (Å²) in [7, 11) is 1.58. The van der Waals surface area contributed by atoms with Gasteiger partial charge in [-0.1, -0.05) is 12.1 Å². The van der Waals surface area contributed by atoms with E-state index in [0.29, 0.717) is 5.75 Å². The highest BCUT2D eigenvalue weighted by atomic mass is 16.5. The molecule has 0 bridgehead atoms. The lowest BCUT2D eigenvalue weighted by atomic mass is 10.1. The molecule has 0 aliphatic heterocycles. The number of nitrogens with one attached hydrogen (secondary N) is 2. The minimum Gasteiger partial charge on any atom is -0.507 e. The predicted octanol–water partition coefficient (Wildman–Crippen LogP) is 2.22. The predicted molar refractivity (Wildman–Crippen MR) is 108 cm³/mol. The van der Waals surface area contributed by atoms with E-state index in [9.17, 15) is 14.7 Å². The highest BCUT2D eigenvalue weighted by Crippen LogP contribution is 2.21. The molecular formula is C21H25N3O4. The first-order valence-corrected chi connectivity index (χ1v) is 8.85. The fourth-order valence-electron chi connectivity index (χ4n) is 2.62. The molecule has 2 rings (SSSR count). The van der Waals surface area contributed by atoms with Crippen molar-refractivity contribution >= 4 is 18.0 Å². The van der Waals surface area contributed by atoms with Gasteiger partial charge in [-0.2, -0.15) is 5.10 Å². The molecule has 0 fully saturated rings. The lowest BCUT2D eigenvalue weighted by Gasteiger charge is -2.12. The normalized spacial score (nSPS) is 11.9. The molecule has 1 unspecified atom stereocenters. The van der Waals surface area contributed by atoms with Crippen LogP contribution in [0.4, 0.5) is 0 Å². The van der Waals surface area contributed by atoms with Crippen molar-refractivity contribution in [3.05, 3.63) is 58.7 Å². The van der Waals surface area contributed by atoms with Crippen LogP contribution in [0.3, 0.4) is 0 Å². The Kier molecular flexibility index (Phi) is 7.14. The fraction of sp³-hybridized carbons (Fsp3) is 0.286. The van der Waals surface area contributed by atoms with Crippen LogP contribution in [0.1, 0.15) is 29.2 Å². The van der Waals surface area contributed by atoms with Crippen LogP contribution >= 0.6 is 0 Å². The van der Waals surface area contributed by atoms with E-state index in [2.05, 4.69) is 15.8 Å². The summed E-state index contributed by atoms with van der Waals surface area (Å²) in [6, 6.07) is 9.95. The van der Waals surface area contributed by atoms with Crippen LogP contribution in [0, 0.1) is 13.8 Å². The van der Waals surface area contributed by atoms with Crippen LogP contribution in [0.25, 0.3) is 0 Å². The Morgan fingerprint density at radius 3 is 2.36 bits per heavy atom. The molecule has 3 N–H and O–H groups in total. The zero-order chi connectivity index (χ0) is 20.7. The highest BCUT2D eigenvalue weighted by molar-refractivity contribution is 5.89. The first-order chi connectivity index (χ1) is 13.3. The lowest BCUT2D eigenvalue weighted by molar-refractivity contribution is -0.128. The molecule has 28 heavy (non-hydrogen) atoms. The van der Waals surface area contributed by atoms with E-state index >= 15 is 0 Å². The Bertz CT molecular complexity index is 853. The van der Waals surface area contributed by atoms with Crippen LogP contribution in [-0.4, -0.2) is 36.3 Å². The number of hydrazone groups is 1. The van der Waals surface area contributed by atoms with Crippen molar-refractivity contribution in [1.29, 1.82) is 0 Å². The number of rotatable bonds is 7. The SMILES string of the molecule is COc1ccc(CC(=O)NC(C)C(=O)NN=Cc2cc(C)c(O)c(C)c2)cc1. The summed E-state index contributed by atoms with van der Waals surface area (Å²) in [5.41, 5.74) is 5.44. The number of benzene rings is 2. The number of hydrogen-bond donors (Lipinski definition) is 3. The van der Waals surface area contributed by atoms with E-state index in [1.165, 1.54) is 6.21 Å². The van der Waals surface area contributed by atoms with E-state index in [-0.39, 0.29) is 18.1 Å². The number of carbonyl (C=O) groups excluding carboxylic acids is 2. The quantitative estimate of drug-likeness (QED) is 0.504. The summed E-state index contributed by atoms with van der Waals surface area (Å²) in [5, 5.41) is 16.3. The number of phenols is 1. The summed E-state index contributed by atoms with van der Waals surface area (Å²) >= 11 is 0. The smallest absolute Gasteiger partial charge is 0.262 e. The second kappa shape index (κ2) is 9.55. The standard InChI is InChI=1S/C21H25N3O4/c1-13-9-17(10-14(2)20(13)26)12-22-24-21(27)15(3)23-19(25)11-16-5-7-18(28-4)8-6-16/h5-10,12,15,26H,11H2,1-4H3,(H,23,25)(H,24,27). The molecule has 7 nitrogen and oxygen atoms in total. The summed E-state index contributed by atoms with van der Waals surface area (Å²) in [6.07, 6.45) is 1.65. The second-order valence-electron chi connectivity index (χ2n) is 6.55. The third-order valence-electron chi connectivity index (χ3n) is 4.20. The van der Waals surface area contributed by atoms with Gasteiger partial charge < -0.3 is 15.2 Å². The number of aromatic hydroxyl groups is 1. The number of nitrogens with zero attached hydrogens (tertiary/aromatic N) is 1. The third kappa shape index (κ3) is 5.84. The average molecular weight is 383 g/mol. The van der Waals surface area contributed by atoms with Crippen LogP contribution < -0.4 is 15.5 Å². The van der Waals surface area contributed by atoms with E-state index in [4.69, 9.17) is 4.74 Å². The number of aryl methyl sites for hydroxylation is 2. The molecule has 0 aliphatic carbocycles. The molecule has 0 saturated heterocycles. The maximum atomic E-state index is 12.1. The summed E-state index contributed by atoms with van der Waals surface area (Å²) in [5.74, 6) is 0.274. The third-order valence-corrected chi connectivity index (χ3v) is 4.20. The summed E-state index contributed by atoms with van der Waals surface area (Å²) < 4.78 is 5.08. The summed E-state index contributed by atoms with van der Waals surface area (Å²) in [6.45, 7) is 5.17.